The van der Waals surface area contributed by atoms with Gasteiger partial charge in [0, 0.05) is 12.6 Å². The molecule has 21 heavy (non-hydrogen) atoms. The third kappa shape index (κ3) is 3.83. The predicted octanol–water partition coefficient (Wildman–Crippen LogP) is 2.27. The fourth-order valence-electron chi connectivity index (χ4n) is 2.69. The molecule has 6 heteroatoms. The summed E-state index contributed by atoms with van der Waals surface area (Å²) in [4.78, 5) is 10.9. The minimum Gasteiger partial charge on any atom is -0.481 e. The molecular formula is C15H21NO4S. The first-order valence-electron chi connectivity index (χ1n) is 7.24. The van der Waals surface area contributed by atoms with Crippen molar-refractivity contribution >= 4 is 16.0 Å². The Morgan fingerprint density at radius 1 is 1.24 bits per heavy atom. The summed E-state index contributed by atoms with van der Waals surface area (Å²) in [5, 5.41) is 8.74. The molecule has 1 unspecified atom stereocenters. The zero-order valence-electron chi connectivity index (χ0n) is 12.2. The maximum absolute atomic E-state index is 12.7. The van der Waals surface area contributed by atoms with Gasteiger partial charge in [0.25, 0.3) is 0 Å². The maximum atomic E-state index is 12.7. The molecular weight excluding hydrogens is 290 g/mol. The lowest BCUT2D eigenvalue weighted by atomic mass is 10.1. The lowest BCUT2D eigenvalue weighted by Crippen LogP contribution is -2.38. The van der Waals surface area contributed by atoms with Crippen LogP contribution in [0.2, 0.25) is 0 Å². The standard InChI is InChI=1S/C15H21NO4S/c1-12-5-3-2-4-10-16(12)21(19,20)14-8-6-13(7-9-14)11-15(17)18/h6-9,12H,2-5,10-11H2,1H3,(H,17,18). The van der Waals surface area contributed by atoms with Gasteiger partial charge in [-0.1, -0.05) is 25.0 Å². The first-order valence-corrected chi connectivity index (χ1v) is 8.68. The summed E-state index contributed by atoms with van der Waals surface area (Å²) in [5.41, 5.74) is 0.602. The highest BCUT2D eigenvalue weighted by molar-refractivity contribution is 7.89. The van der Waals surface area contributed by atoms with E-state index in [2.05, 4.69) is 0 Å². The van der Waals surface area contributed by atoms with Crippen molar-refractivity contribution < 1.29 is 18.3 Å². The van der Waals surface area contributed by atoms with Gasteiger partial charge < -0.3 is 5.11 Å². The highest BCUT2D eigenvalue weighted by Gasteiger charge is 2.29. The number of carbonyl (C=O) groups is 1. The Morgan fingerprint density at radius 3 is 2.52 bits per heavy atom. The molecule has 1 fully saturated rings. The quantitative estimate of drug-likeness (QED) is 0.925. The van der Waals surface area contributed by atoms with Crippen LogP contribution in [0.4, 0.5) is 0 Å². The molecule has 0 spiro atoms. The summed E-state index contributed by atoms with van der Waals surface area (Å²) >= 11 is 0. The van der Waals surface area contributed by atoms with Gasteiger partial charge >= 0.3 is 5.97 Å². The minimum absolute atomic E-state index is 0.0104. The average Bonchev–Trinajstić information content (AvgIpc) is 2.63. The van der Waals surface area contributed by atoms with Gasteiger partial charge in [0.05, 0.1) is 11.3 Å². The van der Waals surface area contributed by atoms with E-state index in [0.717, 1.165) is 25.7 Å². The Bertz CT molecular complexity index is 595. The monoisotopic (exact) mass is 311 g/mol. The van der Waals surface area contributed by atoms with Crippen molar-refractivity contribution in [1.82, 2.24) is 4.31 Å². The summed E-state index contributed by atoms with van der Waals surface area (Å²) in [6.07, 6.45) is 3.80. The Kier molecular flexibility index (Phi) is 5.00. The van der Waals surface area contributed by atoms with Gasteiger partial charge in [-0.05, 0) is 37.5 Å². The van der Waals surface area contributed by atoms with Crippen molar-refractivity contribution in [2.75, 3.05) is 6.54 Å². The van der Waals surface area contributed by atoms with Gasteiger partial charge in [-0.25, -0.2) is 8.42 Å². The van der Waals surface area contributed by atoms with E-state index in [0.29, 0.717) is 12.1 Å². The molecule has 1 aromatic carbocycles. The Balaban J connectivity index is 2.23. The van der Waals surface area contributed by atoms with Gasteiger partial charge in [-0.2, -0.15) is 4.31 Å². The molecule has 0 amide bonds. The van der Waals surface area contributed by atoms with Crippen molar-refractivity contribution in [3.05, 3.63) is 29.8 Å². The van der Waals surface area contributed by atoms with Crippen LogP contribution in [0.15, 0.2) is 29.2 Å². The molecule has 1 saturated heterocycles. The molecule has 1 heterocycles. The number of carboxylic acids is 1. The topological polar surface area (TPSA) is 74.7 Å². The van der Waals surface area contributed by atoms with Gasteiger partial charge in [-0.3, -0.25) is 4.79 Å². The van der Waals surface area contributed by atoms with Crippen LogP contribution in [0.1, 0.15) is 38.2 Å². The van der Waals surface area contributed by atoms with Crippen molar-refractivity contribution in [1.29, 1.82) is 0 Å². The number of aliphatic carboxylic acids is 1. The summed E-state index contributed by atoms with van der Waals surface area (Å²) < 4.78 is 27.0. The molecule has 1 aromatic rings. The predicted molar refractivity (Wildman–Crippen MR) is 79.6 cm³/mol. The molecule has 116 valence electrons. The Labute approximate surface area is 125 Å². The van der Waals surface area contributed by atoms with E-state index in [1.165, 1.54) is 12.1 Å². The molecule has 2 rings (SSSR count). The van der Waals surface area contributed by atoms with Crippen molar-refractivity contribution in [3.8, 4) is 0 Å². The number of nitrogens with zero attached hydrogens (tertiary/aromatic N) is 1. The zero-order valence-corrected chi connectivity index (χ0v) is 13.0. The second kappa shape index (κ2) is 6.58. The molecule has 0 saturated carbocycles. The number of benzene rings is 1. The summed E-state index contributed by atoms with van der Waals surface area (Å²) in [5.74, 6) is -0.924. The van der Waals surface area contributed by atoms with E-state index in [9.17, 15) is 13.2 Å². The van der Waals surface area contributed by atoms with Crippen LogP contribution in [0.25, 0.3) is 0 Å². The average molecular weight is 311 g/mol. The third-order valence-corrected chi connectivity index (χ3v) is 5.91. The fraction of sp³-hybridized carbons (Fsp3) is 0.533. The zero-order chi connectivity index (χ0) is 15.5. The van der Waals surface area contributed by atoms with Gasteiger partial charge in [0.15, 0.2) is 0 Å². The minimum atomic E-state index is -3.49. The van der Waals surface area contributed by atoms with Crippen LogP contribution in [-0.4, -0.2) is 36.4 Å². The van der Waals surface area contributed by atoms with Crippen LogP contribution >= 0.6 is 0 Å². The highest BCUT2D eigenvalue weighted by Crippen LogP contribution is 2.24. The molecule has 0 aliphatic carbocycles. The number of sulfonamides is 1. The normalized spacial score (nSPS) is 20.9. The van der Waals surface area contributed by atoms with Crippen LogP contribution in [0.5, 0.6) is 0 Å². The molecule has 1 atom stereocenters. The van der Waals surface area contributed by atoms with Crippen molar-refractivity contribution in [2.45, 2.75) is 50.0 Å². The second-order valence-electron chi connectivity index (χ2n) is 5.53. The van der Waals surface area contributed by atoms with Crippen LogP contribution in [-0.2, 0) is 21.2 Å². The molecule has 0 bridgehead atoms. The fourth-order valence-corrected chi connectivity index (χ4v) is 4.39. The SMILES string of the molecule is CC1CCCCCN1S(=O)(=O)c1ccc(CC(=O)O)cc1. The molecule has 1 aliphatic heterocycles. The molecule has 1 aliphatic rings. The molecule has 5 nitrogen and oxygen atoms in total. The number of carboxylic acid groups (broad SMARTS) is 1. The van der Waals surface area contributed by atoms with Crippen molar-refractivity contribution in [2.24, 2.45) is 0 Å². The Hall–Kier alpha value is -1.40. The first kappa shape index (κ1) is 16.0. The van der Waals surface area contributed by atoms with Crippen LogP contribution in [0, 0.1) is 0 Å². The maximum Gasteiger partial charge on any atom is 0.307 e. The van der Waals surface area contributed by atoms with Crippen LogP contribution in [0.3, 0.4) is 0 Å². The number of rotatable bonds is 4. The highest BCUT2D eigenvalue weighted by atomic mass is 32.2. The first-order chi connectivity index (χ1) is 9.91. The molecule has 0 radical (unpaired) electrons. The lowest BCUT2D eigenvalue weighted by Gasteiger charge is -2.26. The summed E-state index contributed by atoms with van der Waals surface area (Å²) in [6, 6.07) is 6.17. The van der Waals surface area contributed by atoms with Crippen molar-refractivity contribution in [3.63, 3.8) is 0 Å². The molecule has 0 aromatic heterocycles. The number of hydrogen-bond donors (Lipinski definition) is 1. The largest absolute Gasteiger partial charge is 0.481 e. The summed E-state index contributed by atoms with van der Waals surface area (Å²) in [6.45, 7) is 2.50. The van der Waals surface area contributed by atoms with E-state index in [4.69, 9.17) is 5.11 Å². The van der Waals surface area contributed by atoms with Gasteiger partial charge in [0.1, 0.15) is 0 Å². The van der Waals surface area contributed by atoms with Gasteiger partial charge in [0.2, 0.25) is 10.0 Å². The third-order valence-electron chi connectivity index (χ3n) is 3.88. The second-order valence-corrected chi connectivity index (χ2v) is 7.42. The summed E-state index contributed by atoms with van der Waals surface area (Å²) in [7, 11) is -3.49. The van der Waals surface area contributed by atoms with E-state index in [1.54, 1.807) is 16.4 Å². The Morgan fingerprint density at radius 2 is 1.90 bits per heavy atom. The number of hydrogen-bond acceptors (Lipinski definition) is 3. The van der Waals surface area contributed by atoms with E-state index in [1.807, 2.05) is 6.92 Å². The van der Waals surface area contributed by atoms with Gasteiger partial charge in [-0.15, -0.1) is 0 Å². The van der Waals surface area contributed by atoms with E-state index < -0.39 is 16.0 Å². The van der Waals surface area contributed by atoms with E-state index >= 15 is 0 Å². The van der Waals surface area contributed by atoms with Crippen LogP contribution < -0.4 is 0 Å². The lowest BCUT2D eigenvalue weighted by molar-refractivity contribution is -0.136. The molecule has 1 N–H and O–H groups in total. The van der Waals surface area contributed by atoms with E-state index in [-0.39, 0.29) is 17.4 Å². The smallest absolute Gasteiger partial charge is 0.307 e.